The number of aromatic nitrogens is 2. The van der Waals surface area contributed by atoms with Crippen LogP contribution in [0.2, 0.25) is 0 Å². The van der Waals surface area contributed by atoms with Crippen molar-refractivity contribution in [1.82, 2.24) is 9.55 Å². The first kappa shape index (κ1) is 13.7. The van der Waals surface area contributed by atoms with Crippen LogP contribution in [0.15, 0.2) is 21.9 Å². The molecule has 0 spiro atoms. The predicted molar refractivity (Wildman–Crippen MR) is 64.6 cm³/mol. The average molecular weight is 270 g/mol. The highest BCUT2D eigenvalue weighted by molar-refractivity contribution is 5.64. The van der Waals surface area contributed by atoms with Crippen molar-refractivity contribution in [3.63, 3.8) is 0 Å². The molecule has 104 valence electrons. The molecule has 1 N–H and O–H groups in total. The number of nitrogens with zero attached hydrogens (tertiary/aromatic N) is 1. The average Bonchev–Trinajstić information content (AvgIpc) is 2.64. The molecule has 0 aromatic carbocycles. The molecule has 1 aliphatic rings. The first-order chi connectivity index (χ1) is 8.95. The lowest BCUT2D eigenvalue weighted by Crippen LogP contribution is -2.37. The summed E-state index contributed by atoms with van der Waals surface area (Å²) < 4.78 is 20.7. The van der Waals surface area contributed by atoms with Gasteiger partial charge in [-0.3, -0.25) is 14.3 Å². The van der Waals surface area contributed by atoms with E-state index < -0.39 is 35.2 Å². The van der Waals surface area contributed by atoms with Crippen LogP contribution in [0, 0.1) is 5.92 Å². The molecule has 7 heteroatoms. The van der Waals surface area contributed by atoms with E-state index in [1.54, 1.807) is 13.8 Å². The minimum absolute atomic E-state index is 0.312. The summed E-state index contributed by atoms with van der Waals surface area (Å²) in [6.07, 6.45) is -0.645. The van der Waals surface area contributed by atoms with Gasteiger partial charge < -0.3 is 9.53 Å². The standard InChI is InChI=1S/C12H15FN2O4/c1-3-12(6-16)7(2)9(13)10(19-12)15-5-4-8(17)14-11(15)18/h4-7,9-10H,3H2,1-2H3,(H,14,17,18)/t7-,9+,10+,12-/m0/s1. The Balaban J connectivity index is 2.45. The van der Waals surface area contributed by atoms with Crippen molar-refractivity contribution in [2.75, 3.05) is 0 Å². The number of hydrogen-bond acceptors (Lipinski definition) is 4. The smallest absolute Gasteiger partial charge is 0.330 e. The second-order valence-corrected chi connectivity index (χ2v) is 4.69. The number of ether oxygens (including phenoxy) is 1. The number of hydrogen-bond donors (Lipinski definition) is 1. The monoisotopic (exact) mass is 270 g/mol. The molecule has 0 aliphatic carbocycles. The van der Waals surface area contributed by atoms with Crippen LogP contribution in [-0.4, -0.2) is 27.6 Å². The highest BCUT2D eigenvalue weighted by Gasteiger charge is 2.53. The number of nitrogens with one attached hydrogen (secondary N) is 1. The molecule has 1 fully saturated rings. The summed E-state index contributed by atoms with van der Waals surface area (Å²) in [6.45, 7) is 3.29. The van der Waals surface area contributed by atoms with Crippen LogP contribution in [0.3, 0.4) is 0 Å². The van der Waals surface area contributed by atoms with Crippen molar-refractivity contribution in [1.29, 1.82) is 0 Å². The number of H-pyrrole nitrogens is 1. The number of alkyl halides is 1. The molecular formula is C12H15FN2O4. The molecule has 1 aromatic heterocycles. The van der Waals surface area contributed by atoms with Crippen LogP contribution in [0.25, 0.3) is 0 Å². The van der Waals surface area contributed by atoms with Gasteiger partial charge in [-0.2, -0.15) is 0 Å². The van der Waals surface area contributed by atoms with Gasteiger partial charge in [0.25, 0.3) is 5.56 Å². The topological polar surface area (TPSA) is 81.2 Å². The highest BCUT2D eigenvalue weighted by atomic mass is 19.1. The van der Waals surface area contributed by atoms with Gasteiger partial charge in [0, 0.05) is 18.2 Å². The van der Waals surface area contributed by atoms with E-state index in [1.807, 2.05) is 4.98 Å². The first-order valence-electron chi connectivity index (χ1n) is 6.05. The fraction of sp³-hybridized carbons (Fsp3) is 0.583. The van der Waals surface area contributed by atoms with Crippen molar-refractivity contribution in [2.45, 2.75) is 38.3 Å². The Morgan fingerprint density at radius 1 is 1.58 bits per heavy atom. The van der Waals surface area contributed by atoms with E-state index >= 15 is 0 Å². The lowest BCUT2D eigenvalue weighted by Gasteiger charge is -2.24. The normalized spacial score (nSPS) is 34.4. The quantitative estimate of drug-likeness (QED) is 0.805. The molecule has 1 aromatic rings. The molecule has 0 saturated carbocycles. The van der Waals surface area contributed by atoms with Crippen molar-refractivity contribution in [3.05, 3.63) is 33.1 Å². The fourth-order valence-corrected chi connectivity index (χ4v) is 2.38. The summed E-state index contributed by atoms with van der Waals surface area (Å²) >= 11 is 0. The minimum atomic E-state index is -1.51. The van der Waals surface area contributed by atoms with Crippen molar-refractivity contribution >= 4 is 6.29 Å². The van der Waals surface area contributed by atoms with Gasteiger partial charge in [0.15, 0.2) is 18.7 Å². The van der Waals surface area contributed by atoms with Gasteiger partial charge in [-0.25, -0.2) is 9.18 Å². The predicted octanol–water partition coefficient (Wildman–Crippen LogP) is 0.387. The Labute approximate surface area is 108 Å². The Hall–Kier alpha value is -1.76. The maximum Gasteiger partial charge on any atom is 0.330 e. The van der Waals surface area contributed by atoms with E-state index in [-0.39, 0.29) is 0 Å². The molecule has 1 aliphatic heterocycles. The lowest BCUT2D eigenvalue weighted by molar-refractivity contribution is -0.139. The van der Waals surface area contributed by atoms with Crippen LogP contribution >= 0.6 is 0 Å². The zero-order chi connectivity index (χ0) is 14.2. The van der Waals surface area contributed by atoms with Crippen molar-refractivity contribution < 1.29 is 13.9 Å². The Kier molecular flexibility index (Phi) is 3.40. The van der Waals surface area contributed by atoms with E-state index in [9.17, 15) is 18.8 Å². The van der Waals surface area contributed by atoms with Gasteiger partial charge in [-0.15, -0.1) is 0 Å². The van der Waals surface area contributed by atoms with Crippen LogP contribution < -0.4 is 11.2 Å². The van der Waals surface area contributed by atoms with Gasteiger partial charge in [-0.05, 0) is 6.42 Å². The van der Waals surface area contributed by atoms with Crippen LogP contribution in [0.5, 0.6) is 0 Å². The van der Waals surface area contributed by atoms with Crippen LogP contribution in [0.4, 0.5) is 4.39 Å². The number of carbonyl (C=O) groups is 1. The van der Waals surface area contributed by atoms with Gasteiger partial charge in [0.2, 0.25) is 0 Å². The lowest BCUT2D eigenvalue weighted by atomic mass is 9.87. The second-order valence-electron chi connectivity index (χ2n) is 4.69. The van der Waals surface area contributed by atoms with E-state index in [1.165, 1.54) is 6.20 Å². The summed E-state index contributed by atoms with van der Waals surface area (Å²) in [5.41, 5.74) is -2.57. The van der Waals surface area contributed by atoms with E-state index in [0.717, 1.165) is 10.6 Å². The molecule has 6 nitrogen and oxygen atoms in total. The van der Waals surface area contributed by atoms with Gasteiger partial charge >= 0.3 is 5.69 Å². The first-order valence-corrected chi connectivity index (χ1v) is 6.05. The largest absolute Gasteiger partial charge is 0.340 e. The third kappa shape index (κ3) is 2.03. The number of rotatable bonds is 3. The summed E-state index contributed by atoms with van der Waals surface area (Å²) in [7, 11) is 0. The molecule has 1 saturated heterocycles. The van der Waals surface area contributed by atoms with Crippen molar-refractivity contribution in [3.8, 4) is 0 Å². The second kappa shape index (κ2) is 4.73. The highest BCUT2D eigenvalue weighted by Crippen LogP contribution is 2.43. The molecule has 0 unspecified atom stereocenters. The third-order valence-corrected chi connectivity index (χ3v) is 3.74. The summed E-state index contributed by atoms with van der Waals surface area (Å²) in [5.74, 6) is -0.668. The Morgan fingerprint density at radius 2 is 2.26 bits per heavy atom. The van der Waals surface area contributed by atoms with Gasteiger partial charge in [0.05, 0.1) is 0 Å². The molecule has 0 amide bonds. The van der Waals surface area contributed by atoms with Gasteiger partial charge in [-0.1, -0.05) is 13.8 Å². The van der Waals surface area contributed by atoms with E-state index in [2.05, 4.69) is 0 Å². The van der Waals surface area contributed by atoms with E-state index in [0.29, 0.717) is 12.7 Å². The molecule has 19 heavy (non-hydrogen) atoms. The number of halogens is 1. The third-order valence-electron chi connectivity index (χ3n) is 3.74. The Morgan fingerprint density at radius 3 is 2.74 bits per heavy atom. The summed E-state index contributed by atoms with van der Waals surface area (Å²) in [4.78, 5) is 35.8. The molecule has 0 bridgehead atoms. The Bertz CT molecular complexity index is 596. The maximum atomic E-state index is 14.3. The number of carbonyl (C=O) groups excluding carboxylic acids is 1. The van der Waals surface area contributed by atoms with Crippen LogP contribution in [0.1, 0.15) is 26.5 Å². The molecule has 0 radical (unpaired) electrons. The SMILES string of the molecule is CC[C@@]1(C=O)O[C@@H](n2ccc(=O)[nH]c2=O)[C@H](F)[C@@H]1C. The van der Waals surface area contributed by atoms with E-state index in [4.69, 9.17) is 4.74 Å². The zero-order valence-corrected chi connectivity index (χ0v) is 10.6. The molecule has 4 atom stereocenters. The summed E-state index contributed by atoms with van der Waals surface area (Å²) in [5, 5.41) is 0. The number of aromatic amines is 1. The molecule has 2 heterocycles. The summed E-state index contributed by atoms with van der Waals surface area (Å²) in [6, 6.07) is 1.11. The van der Waals surface area contributed by atoms with Crippen molar-refractivity contribution in [2.24, 2.45) is 5.92 Å². The van der Waals surface area contributed by atoms with Crippen LogP contribution in [-0.2, 0) is 9.53 Å². The maximum absolute atomic E-state index is 14.3. The fourth-order valence-electron chi connectivity index (χ4n) is 2.38. The minimum Gasteiger partial charge on any atom is -0.340 e. The molecule has 2 rings (SSSR count). The zero-order valence-electron chi connectivity index (χ0n) is 10.6. The molecular weight excluding hydrogens is 255 g/mol. The number of aldehydes is 1. The van der Waals surface area contributed by atoms with Gasteiger partial charge in [0.1, 0.15) is 5.60 Å².